The Bertz CT molecular complexity index is 380. The van der Waals surface area contributed by atoms with Crippen LogP contribution in [0, 0.1) is 5.92 Å². The Labute approximate surface area is 126 Å². The minimum atomic E-state index is -0.407. The van der Waals surface area contributed by atoms with Crippen molar-refractivity contribution in [3.05, 3.63) is 34.9 Å². The molecule has 1 rings (SSSR count). The van der Waals surface area contributed by atoms with Crippen LogP contribution in [0.2, 0.25) is 5.02 Å². The van der Waals surface area contributed by atoms with E-state index in [1.807, 2.05) is 24.3 Å². The Morgan fingerprint density at radius 2 is 1.89 bits per heavy atom. The minimum absolute atomic E-state index is 0. The van der Waals surface area contributed by atoms with Gasteiger partial charge in [0, 0.05) is 11.6 Å². The van der Waals surface area contributed by atoms with Crippen LogP contribution in [0.1, 0.15) is 25.8 Å². The molecule has 1 aromatic rings. The third kappa shape index (κ3) is 7.41. The average Bonchev–Trinajstić information content (AvgIpc) is 2.30. The first-order valence-electron chi connectivity index (χ1n) is 6.26. The first kappa shape index (κ1) is 18.2. The Kier molecular flexibility index (Phi) is 8.81. The highest BCUT2D eigenvalue weighted by Gasteiger charge is 2.13. The summed E-state index contributed by atoms with van der Waals surface area (Å²) in [5.74, 6) is 0.361. The first-order valence-corrected chi connectivity index (χ1v) is 6.64. The molecule has 0 fully saturated rings. The van der Waals surface area contributed by atoms with Crippen molar-refractivity contribution in [3.8, 4) is 0 Å². The first-order chi connectivity index (χ1) is 8.49. The summed E-state index contributed by atoms with van der Waals surface area (Å²) < 4.78 is 0. The zero-order chi connectivity index (χ0) is 13.5. The molecule has 0 saturated carbocycles. The van der Waals surface area contributed by atoms with Crippen LogP contribution < -0.4 is 11.1 Å². The summed E-state index contributed by atoms with van der Waals surface area (Å²) in [4.78, 5) is 11.7. The summed E-state index contributed by atoms with van der Waals surface area (Å²) in [6.07, 6.45) is 1.50. The fourth-order valence-electron chi connectivity index (χ4n) is 1.73. The zero-order valence-electron chi connectivity index (χ0n) is 11.4. The summed E-state index contributed by atoms with van der Waals surface area (Å²) in [7, 11) is 0. The Hall–Kier alpha value is -0.770. The molecule has 0 bridgehead atoms. The average molecular weight is 305 g/mol. The zero-order valence-corrected chi connectivity index (χ0v) is 12.9. The van der Waals surface area contributed by atoms with Crippen molar-refractivity contribution in [2.24, 2.45) is 11.7 Å². The SMILES string of the molecule is CC(C)C[C@H](N)C(=O)NCCc1ccc(Cl)cc1.Cl. The quantitative estimate of drug-likeness (QED) is 0.849. The number of nitrogens with one attached hydrogen (secondary N) is 1. The van der Waals surface area contributed by atoms with Gasteiger partial charge in [-0.1, -0.05) is 37.6 Å². The molecule has 0 aliphatic rings. The lowest BCUT2D eigenvalue weighted by Crippen LogP contribution is -2.42. The number of carbonyl (C=O) groups is 1. The van der Waals surface area contributed by atoms with Gasteiger partial charge in [0.25, 0.3) is 0 Å². The number of carbonyl (C=O) groups excluding carboxylic acids is 1. The third-order valence-electron chi connectivity index (χ3n) is 2.69. The number of hydrogen-bond acceptors (Lipinski definition) is 2. The standard InChI is InChI=1S/C14H21ClN2O.ClH/c1-10(2)9-13(16)14(18)17-8-7-11-3-5-12(15)6-4-11;/h3-6,10,13H,7-9,16H2,1-2H3,(H,17,18);1H/t13-;/m0./s1. The van der Waals surface area contributed by atoms with Crippen molar-refractivity contribution < 1.29 is 4.79 Å². The number of rotatable bonds is 6. The molecule has 0 heterocycles. The van der Waals surface area contributed by atoms with E-state index in [9.17, 15) is 4.79 Å². The van der Waals surface area contributed by atoms with E-state index in [1.165, 1.54) is 0 Å². The van der Waals surface area contributed by atoms with E-state index in [-0.39, 0.29) is 18.3 Å². The lowest BCUT2D eigenvalue weighted by molar-refractivity contribution is -0.122. The highest BCUT2D eigenvalue weighted by molar-refractivity contribution is 6.30. The van der Waals surface area contributed by atoms with E-state index >= 15 is 0 Å². The fraction of sp³-hybridized carbons (Fsp3) is 0.500. The van der Waals surface area contributed by atoms with Gasteiger partial charge in [-0.25, -0.2) is 0 Å². The Balaban J connectivity index is 0.00000324. The van der Waals surface area contributed by atoms with Crippen LogP contribution in [0.15, 0.2) is 24.3 Å². The van der Waals surface area contributed by atoms with Crippen molar-refractivity contribution in [2.45, 2.75) is 32.7 Å². The van der Waals surface area contributed by atoms with Gasteiger partial charge in [0.05, 0.1) is 6.04 Å². The fourth-order valence-corrected chi connectivity index (χ4v) is 1.85. The molecule has 5 heteroatoms. The number of nitrogens with two attached hydrogens (primary N) is 1. The van der Waals surface area contributed by atoms with Gasteiger partial charge in [0.1, 0.15) is 0 Å². The van der Waals surface area contributed by atoms with Crippen molar-refractivity contribution in [1.82, 2.24) is 5.32 Å². The van der Waals surface area contributed by atoms with Crippen LogP contribution in [-0.2, 0) is 11.2 Å². The summed E-state index contributed by atoms with van der Waals surface area (Å²) in [5.41, 5.74) is 6.94. The van der Waals surface area contributed by atoms with Gasteiger partial charge in [-0.3, -0.25) is 4.79 Å². The van der Waals surface area contributed by atoms with E-state index in [4.69, 9.17) is 17.3 Å². The van der Waals surface area contributed by atoms with Gasteiger partial charge in [-0.15, -0.1) is 12.4 Å². The third-order valence-corrected chi connectivity index (χ3v) is 2.94. The number of benzene rings is 1. The number of amides is 1. The van der Waals surface area contributed by atoms with Gasteiger partial charge in [-0.05, 0) is 36.5 Å². The van der Waals surface area contributed by atoms with Crippen LogP contribution >= 0.6 is 24.0 Å². The van der Waals surface area contributed by atoms with E-state index < -0.39 is 6.04 Å². The van der Waals surface area contributed by atoms with Gasteiger partial charge < -0.3 is 11.1 Å². The van der Waals surface area contributed by atoms with Gasteiger partial charge in [0.15, 0.2) is 0 Å². The second-order valence-corrected chi connectivity index (χ2v) is 5.34. The molecule has 0 aliphatic heterocycles. The molecule has 0 aromatic heterocycles. The van der Waals surface area contributed by atoms with E-state index in [1.54, 1.807) is 0 Å². The predicted octanol–water partition coefficient (Wildman–Crippen LogP) is 2.79. The topological polar surface area (TPSA) is 55.1 Å². The van der Waals surface area contributed by atoms with Crippen molar-refractivity contribution in [2.75, 3.05) is 6.54 Å². The van der Waals surface area contributed by atoms with Crippen LogP contribution in [0.4, 0.5) is 0 Å². The normalized spacial score (nSPS) is 11.8. The summed E-state index contributed by atoms with van der Waals surface area (Å²) in [5, 5.41) is 3.58. The molecule has 0 unspecified atom stereocenters. The van der Waals surface area contributed by atoms with Crippen molar-refractivity contribution in [1.29, 1.82) is 0 Å². The van der Waals surface area contributed by atoms with E-state index in [0.717, 1.165) is 17.0 Å². The molecule has 19 heavy (non-hydrogen) atoms. The Morgan fingerprint density at radius 1 is 1.32 bits per heavy atom. The predicted molar refractivity (Wildman–Crippen MR) is 82.8 cm³/mol. The molecule has 3 N–H and O–H groups in total. The summed E-state index contributed by atoms with van der Waals surface area (Å²) in [6.45, 7) is 4.72. The van der Waals surface area contributed by atoms with E-state index in [0.29, 0.717) is 18.9 Å². The number of halogens is 2. The van der Waals surface area contributed by atoms with E-state index in [2.05, 4.69) is 19.2 Å². The maximum Gasteiger partial charge on any atom is 0.236 e. The number of hydrogen-bond donors (Lipinski definition) is 2. The highest BCUT2D eigenvalue weighted by Crippen LogP contribution is 2.09. The van der Waals surface area contributed by atoms with Crippen LogP contribution in [0.5, 0.6) is 0 Å². The summed E-state index contributed by atoms with van der Waals surface area (Å²) >= 11 is 5.80. The molecule has 1 amide bonds. The molecular formula is C14H22Cl2N2O. The second-order valence-electron chi connectivity index (χ2n) is 4.90. The minimum Gasteiger partial charge on any atom is -0.354 e. The Morgan fingerprint density at radius 3 is 2.42 bits per heavy atom. The summed E-state index contributed by atoms with van der Waals surface area (Å²) in [6, 6.07) is 7.22. The molecule has 0 aliphatic carbocycles. The van der Waals surface area contributed by atoms with Crippen molar-refractivity contribution >= 4 is 29.9 Å². The molecule has 1 atom stereocenters. The second kappa shape index (κ2) is 9.18. The largest absolute Gasteiger partial charge is 0.354 e. The van der Waals surface area contributed by atoms with Gasteiger partial charge in [-0.2, -0.15) is 0 Å². The maximum atomic E-state index is 11.7. The molecule has 3 nitrogen and oxygen atoms in total. The molecule has 0 saturated heterocycles. The lowest BCUT2D eigenvalue weighted by atomic mass is 10.0. The van der Waals surface area contributed by atoms with Crippen LogP contribution in [-0.4, -0.2) is 18.5 Å². The molecule has 108 valence electrons. The highest BCUT2D eigenvalue weighted by atomic mass is 35.5. The van der Waals surface area contributed by atoms with Gasteiger partial charge in [0.2, 0.25) is 5.91 Å². The molecule has 0 radical (unpaired) electrons. The lowest BCUT2D eigenvalue weighted by Gasteiger charge is -2.14. The maximum absolute atomic E-state index is 11.7. The molecule has 1 aromatic carbocycles. The molecule has 0 spiro atoms. The van der Waals surface area contributed by atoms with Crippen LogP contribution in [0.25, 0.3) is 0 Å². The molecular weight excluding hydrogens is 283 g/mol. The van der Waals surface area contributed by atoms with Crippen molar-refractivity contribution in [3.63, 3.8) is 0 Å². The monoisotopic (exact) mass is 304 g/mol. The van der Waals surface area contributed by atoms with Gasteiger partial charge >= 0.3 is 0 Å². The smallest absolute Gasteiger partial charge is 0.236 e. The van der Waals surface area contributed by atoms with Crippen LogP contribution in [0.3, 0.4) is 0 Å².